The Morgan fingerprint density at radius 1 is 1.53 bits per heavy atom. The number of hydrogen-bond donors (Lipinski definition) is 2. The minimum Gasteiger partial charge on any atom is -0.494 e. The van der Waals surface area contributed by atoms with Gasteiger partial charge in [0, 0.05) is 12.6 Å². The molecule has 7 heteroatoms. The molecule has 0 spiro atoms. The van der Waals surface area contributed by atoms with E-state index in [-0.39, 0.29) is 17.2 Å². The van der Waals surface area contributed by atoms with Crippen LogP contribution in [0, 0.1) is 5.82 Å². The van der Waals surface area contributed by atoms with Gasteiger partial charge in [0.2, 0.25) is 10.0 Å². The van der Waals surface area contributed by atoms with Gasteiger partial charge in [0.05, 0.1) is 12.0 Å². The lowest BCUT2D eigenvalue weighted by atomic mass is 10.3. The fourth-order valence-corrected chi connectivity index (χ4v) is 2.46. The smallest absolute Gasteiger partial charge is 0.240 e. The molecule has 0 amide bonds. The Morgan fingerprint density at radius 3 is 2.65 bits per heavy atom. The molecule has 1 aromatic rings. The highest BCUT2D eigenvalue weighted by Crippen LogP contribution is 2.20. The first-order chi connectivity index (χ1) is 7.90. The topological polar surface area (TPSA) is 81.4 Å². The van der Waals surface area contributed by atoms with Crippen LogP contribution in [0.2, 0.25) is 0 Å². The maximum Gasteiger partial charge on any atom is 0.240 e. The molecule has 1 rings (SSSR count). The van der Waals surface area contributed by atoms with Gasteiger partial charge in [-0.25, -0.2) is 17.5 Å². The monoisotopic (exact) mass is 262 g/mol. The molecule has 3 N–H and O–H groups in total. The van der Waals surface area contributed by atoms with E-state index in [1.807, 2.05) is 0 Å². The van der Waals surface area contributed by atoms with Crippen molar-refractivity contribution in [3.63, 3.8) is 0 Å². The van der Waals surface area contributed by atoms with Crippen LogP contribution >= 0.6 is 0 Å². The molecule has 0 aliphatic rings. The maximum atomic E-state index is 13.4. The highest BCUT2D eigenvalue weighted by Gasteiger charge is 2.18. The number of halogens is 1. The summed E-state index contributed by atoms with van der Waals surface area (Å²) in [5.41, 5.74) is 5.31. The van der Waals surface area contributed by atoms with E-state index in [9.17, 15) is 12.8 Å². The van der Waals surface area contributed by atoms with Crippen molar-refractivity contribution >= 4 is 10.0 Å². The molecule has 0 aliphatic carbocycles. The lowest BCUT2D eigenvalue weighted by molar-refractivity contribution is 0.385. The van der Waals surface area contributed by atoms with E-state index in [0.29, 0.717) is 0 Å². The third-order valence-electron chi connectivity index (χ3n) is 2.14. The summed E-state index contributed by atoms with van der Waals surface area (Å²) in [6, 6.07) is 3.03. The van der Waals surface area contributed by atoms with Crippen LogP contribution in [0.4, 0.5) is 4.39 Å². The molecule has 96 valence electrons. The number of sulfonamides is 1. The Morgan fingerprint density at radius 2 is 2.18 bits per heavy atom. The summed E-state index contributed by atoms with van der Waals surface area (Å²) in [6.07, 6.45) is 0. The van der Waals surface area contributed by atoms with Crippen LogP contribution in [-0.4, -0.2) is 28.1 Å². The number of nitrogens with two attached hydrogens (primary N) is 1. The van der Waals surface area contributed by atoms with Gasteiger partial charge >= 0.3 is 0 Å². The van der Waals surface area contributed by atoms with Crippen molar-refractivity contribution in [2.24, 2.45) is 5.73 Å². The minimum atomic E-state index is -3.74. The molecule has 0 radical (unpaired) electrons. The van der Waals surface area contributed by atoms with E-state index < -0.39 is 21.9 Å². The average Bonchev–Trinajstić information content (AvgIpc) is 2.28. The molecule has 0 aromatic heterocycles. The van der Waals surface area contributed by atoms with Gasteiger partial charge in [-0.1, -0.05) is 0 Å². The van der Waals surface area contributed by atoms with Crippen LogP contribution in [0.1, 0.15) is 6.92 Å². The van der Waals surface area contributed by atoms with Gasteiger partial charge in [0.25, 0.3) is 0 Å². The predicted octanol–water partition coefficient (Wildman–Crippen LogP) is 0.460. The van der Waals surface area contributed by atoms with E-state index in [2.05, 4.69) is 4.72 Å². The first-order valence-electron chi connectivity index (χ1n) is 4.96. The Balaban J connectivity index is 3.04. The van der Waals surface area contributed by atoms with E-state index in [1.165, 1.54) is 19.2 Å². The number of hydrogen-bond acceptors (Lipinski definition) is 4. The van der Waals surface area contributed by atoms with Crippen LogP contribution in [0.15, 0.2) is 23.1 Å². The van der Waals surface area contributed by atoms with Gasteiger partial charge in [-0.05, 0) is 25.1 Å². The zero-order valence-corrected chi connectivity index (χ0v) is 10.4. The maximum absolute atomic E-state index is 13.4. The number of nitrogens with one attached hydrogen (secondary N) is 1. The van der Waals surface area contributed by atoms with Crippen LogP contribution < -0.4 is 15.2 Å². The summed E-state index contributed by atoms with van der Waals surface area (Å²) in [5, 5.41) is 0. The fourth-order valence-electron chi connectivity index (χ4n) is 1.20. The molecule has 1 aromatic carbocycles. The second kappa shape index (κ2) is 5.44. The zero-order chi connectivity index (χ0) is 13.1. The molecule has 0 aliphatic heterocycles. The van der Waals surface area contributed by atoms with E-state index in [4.69, 9.17) is 10.5 Å². The molecule has 1 unspecified atom stereocenters. The number of methoxy groups -OCH3 is 1. The van der Waals surface area contributed by atoms with Crippen molar-refractivity contribution in [1.82, 2.24) is 4.72 Å². The zero-order valence-electron chi connectivity index (χ0n) is 9.60. The van der Waals surface area contributed by atoms with Gasteiger partial charge < -0.3 is 10.5 Å². The molecule has 1 atom stereocenters. The molecule has 5 nitrogen and oxygen atoms in total. The number of rotatable bonds is 5. The summed E-state index contributed by atoms with van der Waals surface area (Å²) in [5.74, 6) is -0.730. The van der Waals surface area contributed by atoms with Crippen molar-refractivity contribution < 1.29 is 17.5 Å². The largest absolute Gasteiger partial charge is 0.494 e. The summed E-state index contributed by atoms with van der Waals surface area (Å²) in [4.78, 5) is -0.156. The first-order valence-corrected chi connectivity index (χ1v) is 6.45. The van der Waals surface area contributed by atoms with Crippen molar-refractivity contribution in [2.75, 3.05) is 13.7 Å². The van der Waals surface area contributed by atoms with Gasteiger partial charge in [-0.2, -0.15) is 0 Å². The van der Waals surface area contributed by atoms with Crippen LogP contribution in [0.25, 0.3) is 0 Å². The Bertz CT molecular complexity index is 490. The van der Waals surface area contributed by atoms with Crippen molar-refractivity contribution in [1.29, 1.82) is 0 Å². The molecule has 0 bridgehead atoms. The lowest BCUT2D eigenvalue weighted by Crippen LogP contribution is -2.37. The van der Waals surface area contributed by atoms with E-state index >= 15 is 0 Å². The average molecular weight is 262 g/mol. The summed E-state index contributed by atoms with van der Waals surface area (Å²) < 4.78 is 43.9. The molecular weight excluding hydrogens is 247 g/mol. The summed E-state index contributed by atoms with van der Waals surface area (Å²) in [7, 11) is -2.44. The predicted molar refractivity (Wildman–Crippen MR) is 61.8 cm³/mol. The quantitative estimate of drug-likeness (QED) is 0.807. The SMILES string of the molecule is COc1ccc(S(=O)(=O)NC(C)CN)cc1F. The van der Waals surface area contributed by atoms with Gasteiger partial charge in [0.15, 0.2) is 11.6 Å². The molecule has 0 saturated heterocycles. The van der Waals surface area contributed by atoms with Crippen molar-refractivity contribution in [3.05, 3.63) is 24.0 Å². The molecular formula is C10H15FN2O3S. The minimum absolute atomic E-state index is 0.00387. The van der Waals surface area contributed by atoms with Crippen LogP contribution in [0.3, 0.4) is 0 Å². The highest BCUT2D eigenvalue weighted by molar-refractivity contribution is 7.89. The van der Waals surface area contributed by atoms with Crippen molar-refractivity contribution in [3.8, 4) is 5.75 Å². The number of benzene rings is 1. The summed E-state index contributed by atoms with van der Waals surface area (Å²) in [6.45, 7) is 1.79. The lowest BCUT2D eigenvalue weighted by Gasteiger charge is -2.12. The van der Waals surface area contributed by atoms with Gasteiger partial charge in [-0.3, -0.25) is 0 Å². The van der Waals surface area contributed by atoms with Crippen LogP contribution in [0.5, 0.6) is 5.75 Å². The Labute approximate surface area is 99.8 Å². The molecule has 0 saturated carbocycles. The normalized spacial score (nSPS) is 13.4. The third kappa shape index (κ3) is 3.39. The van der Waals surface area contributed by atoms with E-state index in [1.54, 1.807) is 6.92 Å². The Hall–Kier alpha value is -1.18. The molecule has 0 heterocycles. The highest BCUT2D eigenvalue weighted by atomic mass is 32.2. The Kier molecular flexibility index (Phi) is 4.44. The first kappa shape index (κ1) is 13.9. The van der Waals surface area contributed by atoms with Crippen LogP contribution in [-0.2, 0) is 10.0 Å². The molecule has 17 heavy (non-hydrogen) atoms. The van der Waals surface area contributed by atoms with Crippen molar-refractivity contribution in [2.45, 2.75) is 17.9 Å². The second-order valence-electron chi connectivity index (χ2n) is 3.55. The molecule has 0 fully saturated rings. The van der Waals surface area contributed by atoms with Gasteiger partial charge in [0.1, 0.15) is 0 Å². The fraction of sp³-hybridized carbons (Fsp3) is 0.400. The number of ether oxygens (including phenoxy) is 1. The van der Waals surface area contributed by atoms with Gasteiger partial charge in [-0.15, -0.1) is 0 Å². The third-order valence-corrected chi connectivity index (χ3v) is 3.73. The standard InChI is InChI=1S/C10H15FN2O3S/c1-7(6-12)13-17(14,15)8-3-4-10(16-2)9(11)5-8/h3-5,7,13H,6,12H2,1-2H3. The second-order valence-corrected chi connectivity index (χ2v) is 5.27. The summed E-state index contributed by atoms with van der Waals surface area (Å²) >= 11 is 0. The van der Waals surface area contributed by atoms with E-state index in [0.717, 1.165) is 6.07 Å².